The van der Waals surface area contributed by atoms with Gasteiger partial charge in [-0.05, 0) is 37.3 Å². The van der Waals surface area contributed by atoms with Crippen molar-refractivity contribution in [3.8, 4) is 5.69 Å². The number of nitrogens with zero attached hydrogens (tertiary/aromatic N) is 3. The lowest BCUT2D eigenvalue weighted by molar-refractivity contribution is -0.136. The second kappa shape index (κ2) is 7.45. The topological polar surface area (TPSA) is 80.2 Å². The third-order valence-corrected chi connectivity index (χ3v) is 5.43. The van der Waals surface area contributed by atoms with Gasteiger partial charge in [0, 0.05) is 26.1 Å². The molecular weight excluding hydrogens is 332 g/mol. The molecule has 2 aromatic rings. The highest BCUT2D eigenvalue weighted by Gasteiger charge is 2.31. The van der Waals surface area contributed by atoms with E-state index in [0.717, 1.165) is 50.3 Å². The normalized spacial score (nSPS) is 21.2. The Labute approximate surface area is 152 Å². The summed E-state index contributed by atoms with van der Waals surface area (Å²) in [4.78, 5) is 26.6. The molecule has 0 aliphatic carbocycles. The van der Waals surface area contributed by atoms with E-state index in [-0.39, 0.29) is 17.5 Å². The van der Waals surface area contributed by atoms with Gasteiger partial charge >= 0.3 is 5.69 Å². The summed E-state index contributed by atoms with van der Waals surface area (Å²) < 4.78 is 6.98. The van der Waals surface area contributed by atoms with Gasteiger partial charge in [-0.15, -0.1) is 0 Å². The molecule has 7 nitrogen and oxygen atoms in total. The molecule has 7 heteroatoms. The second-order valence-electron chi connectivity index (χ2n) is 7.15. The van der Waals surface area contributed by atoms with Crippen molar-refractivity contribution in [2.24, 2.45) is 11.8 Å². The predicted molar refractivity (Wildman–Crippen MR) is 96.1 cm³/mol. The van der Waals surface area contributed by atoms with E-state index in [4.69, 9.17) is 4.74 Å². The lowest BCUT2D eigenvalue weighted by atomic mass is 9.92. The molecule has 1 amide bonds. The number of para-hydroxylation sites is 1. The molecule has 1 aromatic carbocycles. The molecule has 1 N–H and O–H groups in total. The zero-order valence-electron chi connectivity index (χ0n) is 14.8. The number of ether oxygens (including phenoxy) is 1. The van der Waals surface area contributed by atoms with Crippen molar-refractivity contribution in [1.82, 2.24) is 19.7 Å². The minimum Gasteiger partial charge on any atom is -0.381 e. The van der Waals surface area contributed by atoms with Gasteiger partial charge in [0.1, 0.15) is 5.82 Å². The van der Waals surface area contributed by atoms with Crippen LogP contribution in [0.5, 0.6) is 0 Å². The Hall–Kier alpha value is -2.41. The first-order valence-corrected chi connectivity index (χ1v) is 9.30. The van der Waals surface area contributed by atoms with E-state index in [0.29, 0.717) is 19.1 Å². The van der Waals surface area contributed by atoms with Crippen LogP contribution in [0.25, 0.3) is 5.69 Å². The highest BCUT2D eigenvalue weighted by molar-refractivity contribution is 5.79. The van der Waals surface area contributed by atoms with E-state index >= 15 is 0 Å². The quantitative estimate of drug-likeness (QED) is 0.897. The van der Waals surface area contributed by atoms with Gasteiger partial charge in [0.2, 0.25) is 5.91 Å². The number of piperidine rings is 1. The number of hydrogen-bond donors (Lipinski definition) is 1. The fraction of sp³-hybridized carbons (Fsp3) is 0.526. The van der Waals surface area contributed by atoms with E-state index in [1.165, 1.54) is 0 Å². The van der Waals surface area contributed by atoms with E-state index in [2.05, 4.69) is 10.2 Å². The molecule has 0 saturated carbocycles. The molecule has 138 valence electrons. The number of benzene rings is 1. The molecular formula is C19H24N4O3. The van der Waals surface area contributed by atoms with Gasteiger partial charge < -0.3 is 9.64 Å². The monoisotopic (exact) mass is 356 g/mol. The van der Waals surface area contributed by atoms with Crippen molar-refractivity contribution >= 4 is 5.91 Å². The van der Waals surface area contributed by atoms with Crippen LogP contribution in [0.15, 0.2) is 35.1 Å². The maximum Gasteiger partial charge on any atom is 0.347 e. The van der Waals surface area contributed by atoms with E-state index in [1.807, 2.05) is 35.2 Å². The minimum absolute atomic E-state index is 0.0427. The Morgan fingerprint density at radius 3 is 2.65 bits per heavy atom. The number of nitrogens with one attached hydrogen (secondary N) is 1. The average Bonchev–Trinajstić information content (AvgIpc) is 3.33. The Kier molecular flexibility index (Phi) is 4.88. The van der Waals surface area contributed by atoms with E-state index < -0.39 is 0 Å². The SMILES string of the molecule is O=C([C@H]1CCOC1)N1CCC(Cc2n[nH]c(=O)n2-c2ccccc2)CC1. The number of hydrogen-bond acceptors (Lipinski definition) is 4. The minimum atomic E-state index is -0.208. The van der Waals surface area contributed by atoms with Crippen LogP contribution in [0.3, 0.4) is 0 Å². The highest BCUT2D eigenvalue weighted by Crippen LogP contribution is 2.24. The number of likely N-dealkylation sites (tertiary alicyclic amines) is 1. The largest absolute Gasteiger partial charge is 0.381 e. The Bertz CT molecular complexity index is 800. The first-order chi connectivity index (χ1) is 12.7. The van der Waals surface area contributed by atoms with Gasteiger partial charge in [-0.1, -0.05) is 18.2 Å². The molecule has 1 aromatic heterocycles. The Balaban J connectivity index is 1.39. The molecule has 4 rings (SSSR count). The molecule has 2 aliphatic heterocycles. The number of aromatic amines is 1. The summed E-state index contributed by atoms with van der Waals surface area (Å²) in [6.45, 7) is 2.82. The van der Waals surface area contributed by atoms with Crippen molar-refractivity contribution in [2.45, 2.75) is 25.7 Å². The van der Waals surface area contributed by atoms with Crippen LogP contribution in [0.1, 0.15) is 25.1 Å². The third-order valence-electron chi connectivity index (χ3n) is 5.43. The fourth-order valence-corrected chi connectivity index (χ4v) is 3.91. The lowest BCUT2D eigenvalue weighted by Gasteiger charge is -2.33. The number of carbonyl (C=O) groups excluding carboxylic acids is 1. The molecule has 1 atom stereocenters. The molecule has 26 heavy (non-hydrogen) atoms. The highest BCUT2D eigenvalue weighted by atomic mass is 16.5. The summed E-state index contributed by atoms with van der Waals surface area (Å²) in [5.74, 6) is 1.47. The third kappa shape index (κ3) is 3.44. The van der Waals surface area contributed by atoms with Crippen LogP contribution < -0.4 is 5.69 Å². The zero-order valence-corrected chi connectivity index (χ0v) is 14.8. The second-order valence-corrected chi connectivity index (χ2v) is 7.15. The summed E-state index contributed by atoms with van der Waals surface area (Å²) in [6, 6.07) is 9.57. The molecule has 0 bridgehead atoms. The molecule has 0 spiro atoms. The lowest BCUT2D eigenvalue weighted by Crippen LogP contribution is -2.42. The van der Waals surface area contributed by atoms with E-state index in [9.17, 15) is 9.59 Å². The summed E-state index contributed by atoms with van der Waals surface area (Å²) in [5, 5.41) is 6.80. The standard InChI is InChI=1S/C19H24N4O3/c24-18(15-8-11-26-13-15)22-9-6-14(7-10-22)12-17-20-21-19(25)23(17)16-4-2-1-3-5-16/h1-5,14-15H,6-13H2,(H,21,25)/t15-/m0/s1. The van der Waals surface area contributed by atoms with Crippen LogP contribution in [0, 0.1) is 11.8 Å². The maximum atomic E-state index is 12.5. The summed E-state index contributed by atoms with van der Waals surface area (Å²) in [6.07, 6.45) is 3.46. The van der Waals surface area contributed by atoms with Crippen molar-refractivity contribution < 1.29 is 9.53 Å². The van der Waals surface area contributed by atoms with Gasteiger partial charge in [-0.25, -0.2) is 14.5 Å². The molecule has 3 heterocycles. The predicted octanol–water partition coefficient (Wildman–Crippen LogP) is 1.38. The van der Waals surface area contributed by atoms with Crippen LogP contribution in [0.2, 0.25) is 0 Å². The fourth-order valence-electron chi connectivity index (χ4n) is 3.91. The summed E-state index contributed by atoms with van der Waals surface area (Å²) in [7, 11) is 0. The average molecular weight is 356 g/mol. The summed E-state index contributed by atoms with van der Waals surface area (Å²) in [5.41, 5.74) is 0.621. The van der Waals surface area contributed by atoms with Crippen LogP contribution >= 0.6 is 0 Å². The summed E-state index contributed by atoms with van der Waals surface area (Å²) >= 11 is 0. The van der Waals surface area contributed by atoms with Gasteiger partial charge in [0.05, 0.1) is 18.2 Å². The molecule has 2 saturated heterocycles. The first kappa shape index (κ1) is 17.0. The zero-order chi connectivity index (χ0) is 17.9. The van der Waals surface area contributed by atoms with Crippen molar-refractivity contribution in [1.29, 1.82) is 0 Å². The maximum absolute atomic E-state index is 12.5. The number of rotatable bonds is 4. The van der Waals surface area contributed by atoms with Gasteiger partial charge in [-0.2, -0.15) is 5.10 Å². The van der Waals surface area contributed by atoms with Crippen LogP contribution in [0.4, 0.5) is 0 Å². The van der Waals surface area contributed by atoms with Crippen LogP contribution in [-0.2, 0) is 16.0 Å². The van der Waals surface area contributed by atoms with Crippen molar-refractivity contribution in [3.05, 3.63) is 46.6 Å². The number of amides is 1. The van der Waals surface area contributed by atoms with Gasteiger partial charge in [0.15, 0.2) is 0 Å². The van der Waals surface area contributed by atoms with Gasteiger partial charge in [0.25, 0.3) is 0 Å². The smallest absolute Gasteiger partial charge is 0.347 e. The van der Waals surface area contributed by atoms with Gasteiger partial charge in [-0.3, -0.25) is 4.79 Å². The Morgan fingerprint density at radius 1 is 1.19 bits per heavy atom. The van der Waals surface area contributed by atoms with Crippen molar-refractivity contribution in [2.75, 3.05) is 26.3 Å². The molecule has 0 radical (unpaired) electrons. The Morgan fingerprint density at radius 2 is 1.96 bits per heavy atom. The van der Waals surface area contributed by atoms with Crippen molar-refractivity contribution in [3.63, 3.8) is 0 Å². The van der Waals surface area contributed by atoms with Crippen LogP contribution in [-0.4, -0.2) is 51.9 Å². The number of aromatic nitrogens is 3. The number of carbonyl (C=O) groups is 1. The van der Waals surface area contributed by atoms with E-state index in [1.54, 1.807) is 4.57 Å². The first-order valence-electron chi connectivity index (χ1n) is 9.30. The molecule has 0 unspecified atom stereocenters. The molecule has 2 aliphatic rings. The number of H-pyrrole nitrogens is 1. The molecule has 2 fully saturated rings.